The first-order valence-corrected chi connectivity index (χ1v) is 6.73. The first-order valence-electron chi connectivity index (χ1n) is 6.73. The Labute approximate surface area is 109 Å². The predicted octanol–water partition coefficient (Wildman–Crippen LogP) is 1.53. The lowest BCUT2D eigenvalue weighted by Crippen LogP contribution is -2.37. The molecule has 0 radical (unpaired) electrons. The Morgan fingerprint density at radius 1 is 1.44 bits per heavy atom. The van der Waals surface area contributed by atoms with Crippen LogP contribution in [0.15, 0.2) is 6.07 Å². The summed E-state index contributed by atoms with van der Waals surface area (Å²) in [7, 11) is 2.12. The largest absolute Gasteiger partial charge is 0.370 e. The van der Waals surface area contributed by atoms with Crippen LogP contribution < -0.4 is 16.0 Å². The van der Waals surface area contributed by atoms with E-state index in [9.17, 15) is 0 Å². The normalized spacial score (nSPS) is 15.3. The molecule has 0 aliphatic heterocycles. The van der Waals surface area contributed by atoms with Crippen molar-refractivity contribution in [3.63, 3.8) is 0 Å². The number of aromatic nitrogens is 2. The topological polar surface area (TPSA) is 67.1 Å². The van der Waals surface area contributed by atoms with E-state index < -0.39 is 0 Å². The molecule has 0 bridgehead atoms. The molecule has 5 heteroatoms. The molecular formula is C13H23N5. The first kappa shape index (κ1) is 13.1. The van der Waals surface area contributed by atoms with E-state index in [0.29, 0.717) is 12.6 Å². The van der Waals surface area contributed by atoms with E-state index in [2.05, 4.69) is 27.2 Å². The monoisotopic (exact) mass is 249 g/mol. The fraction of sp³-hybridized carbons (Fsp3) is 0.692. The van der Waals surface area contributed by atoms with Gasteiger partial charge in [0, 0.05) is 25.7 Å². The van der Waals surface area contributed by atoms with Crippen molar-refractivity contribution in [3.8, 4) is 0 Å². The molecule has 0 amide bonds. The van der Waals surface area contributed by atoms with Crippen molar-refractivity contribution in [2.75, 3.05) is 30.4 Å². The van der Waals surface area contributed by atoms with E-state index in [1.165, 1.54) is 19.3 Å². The fourth-order valence-corrected chi connectivity index (χ4v) is 2.10. The maximum absolute atomic E-state index is 5.49. The Balaban J connectivity index is 2.05. The highest BCUT2D eigenvalue weighted by Gasteiger charge is 2.23. The van der Waals surface area contributed by atoms with Crippen molar-refractivity contribution in [2.24, 2.45) is 5.73 Å². The van der Waals surface area contributed by atoms with Gasteiger partial charge in [-0.05, 0) is 39.2 Å². The minimum Gasteiger partial charge on any atom is -0.370 e. The molecule has 0 unspecified atom stereocenters. The summed E-state index contributed by atoms with van der Waals surface area (Å²) in [6.07, 6.45) is 4.84. The quantitative estimate of drug-likeness (QED) is 0.748. The lowest BCUT2D eigenvalue weighted by molar-refractivity contribution is 0.399. The number of anilines is 2. The Kier molecular flexibility index (Phi) is 4.36. The number of nitrogens with two attached hydrogens (primary N) is 1. The number of aryl methyl sites for hydroxylation is 1. The molecule has 0 spiro atoms. The van der Waals surface area contributed by atoms with Gasteiger partial charge in [0.05, 0.1) is 0 Å². The van der Waals surface area contributed by atoms with Gasteiger partial charge >= 0.3 is 0 Å². The van der Waals surface area contributed by atoms with Crippen molar-refractivity contribution in [1.29, 1.82) is 0 Å². The van der Waals surface area contributed by atoms with Crippen LogP contribution in [0.2, 0.25) is 0 Å². The minimum absolute atomic E-state index is 0.649. The van der Waals surface area contributed by atoms with E-state index >= 15 is 0 Å². The van der Waals surface area contributed by atoms with Gasteiger partial charge in [0.2, 0.25) is 0 Å². The minimum atomic E-state index is 0.649. The number of nitrogens with one attached hydrogen (secondary N) is 1. The first-order chi connectivity index (χ1) is 8.70. The van der Waals surface area contributed by atoms with Crippen molar-refractivity contribution < 1.29 is 0 Å². The molecule has 18 heavy (non-hydrogen) atoms. The van der Waals surface area contributed by atoms with Gasteiger partial charge < -0.3 is 16.0 Å². The highest BCUT2D eigenvalue weighted by Crippen LogP contribution is 2.27. The fourth-order valence-electron chi connectivity index (χ4n) is 2.10. The summed E-state index contributed by atoms with van der Waals surface area (Å²) >= 11 is 0. The SMILES string of the molecule is Cc1nc(NCCCN)cc(N(C)C2CCC2)n1. The van der Waals surface area contributed by atoms with Crippen LogP contribution in [0.25, 0.3) is 0 Å². The number of rotatable bonds is 6. The molecular weight excluding hydrogens is 226 g/mol. The molecule has 1 aliphatic carbocycles. The van der Waals surface area contributed by atoms with Crippen LogP contribution in [0, 0.1) is 6.92 Å². The molecule has 2 rings (SSSR count). The van der Waals surface area contributed by atoms with Crippen molar-refractivity contribution in [1.82, 2.24) is 9.97 Å². The Morgan fingerprint density at radius 3 is 2.83 bits per heavy atom. The highest BCUT2D eigenvalue weighted by atomic mass is 15.2. The second-order valence-electron chi connectivity index (χ2n) is 4.92. The second kappa shape index (κ2) is 6.00. The maximum atomic E-state index is 5.49. The van der Waals surface area contributed by atoms with Gasteiger partial charge in [0.25, 0.3) is 0 Å². The zero-order valence-electron chi connectivity index (χ0n) is 11.3. The van der Waals surface area contributed by atoms with Gasteiger partial charge in [-0.25, -0.2) is 9.97 Å². The van der Waals surface area contributed by atoms with Crippen molar-refractivity contribution >= 4 is 11.6 Å². The molecule has 1 aromatic heterocycles. The van der Waals surface area contributed by atoms with Crippen LogP contribution in [0.1, 0.15) is 31.5 Å². The summed E-state index contributed by atoms with van der Waals surface area (Å²) in [6, 6.07) is 2.68. The smallest absolute Gasteiger partial charge is 0.134 e. The second-order valence-corrected chi connectivity index (χ2v) is 4.92. The average Bonchev–Trinajstić information content (AvgIpc) is 2.26. The van der Waals surface area contributed by atoms with E-state index in [1.807, 2.05) is 13.0 Å². The summed E-state index contributed by atoms with van der Waals surface area (Å²) in [4.78, 5) is 11.2. The zero-order chi connectivity index (χ0) is 13.0. The molecule has 0 saturated heterocycles. The summed E-state index contributed by atoms with van der Waals surface area (Å²) in [6.45, 7) is 3.50. The average molecular weight is 249 g/mol. The molecule has 1 aliphatic rings. The van der Waals surface area contributed by atoms with Gasteiger partial charge in [0.1, 0.15) is 17.5 Å². The Bertz CT molecular complexity index is 389. The van der Waals surface area contributed by atoms with Crippen LogP contribution >= 0.6 is 0 Å². The maximum Gasteiger partial charge on any atom is 0.134 e. The Morgan fingerprint density at radius 2 is 2.22 bits per heavy atom. The van der Waals surface area contributed by atoms with Crippen LogP contribution in [0.5, 0.6) is 0 Å². The van der Waals surface area contributed by atoms with Gasteiger partial charge in [-0.3, -0.25) is 0 Å². The number of nitrogens with zero attached hydrogens (tertiary/aromatic N) is 3. The van der Waals surface area contributed by atoms with Gasteiger partial charge in [0.15, 0.2) is 0 Å². The summed E-state index contributed by atoms with van der Waals surface area (Å²) < 4.78 is 0. The standard InChI is InChI=1S/C13H23N5/c1-10-16-12(15-8-4-7-14)9-13(17-10)18(2)11-5-3-6-11/h9,11H,3-8,14H2,1-2H3,(H,15,16,17). The van der Waals surface area contributed by atoms with Crippen molar-refractivity contribution in [3.05, 3.63) is 11.9 Å². The third kappa shape index (κ3) is 3.10. The molecule has 3 N–H and O–H groups in total. The van der Waals surface area contributed by atoms with Crippen LogP contribution in [0.3, 0.4) is 0 Å². The van der Waals surface area contributed by atoms with E-state index in [4.69, 9.17) is 5.73 Å². The third-order valence-electron chi connectivity index (χ3n) is 3.50. The van der Waals surface area contributed by atoms with E-state index in [-0.39, 0.29) is 0 Å². The summed E-state index contributed by atoms with van der Waals surface area (Å²) in [5.74, 6) is 2.73. The highest BCUT2D eigenvalue weighted by molar-refractivity contribution is 5.49. The molecule has 1 saturated carbocycles. The molecule has 1 fully saturated rings. The lowest BCUT2D eigenvalue weighted by atomic mass is 9.92. The zero-order valence-corrected chi connectivity index (χ0v) is 11.3. The summed E-state index contributed by atoms with van der Waals surface area (Å²) in [5, 5.41) is 3.30. The van der Waals surface area contributed by atoms with Gasteiger partial charge in [-0.15, -0.1) is 0 Å². The molecule has 5 nitrogen and oxygen atoms in total. The number of hydrogen-bond donors (Lipinski definition) is 2. The van der Waals surface area contributed by atoms with Crippen LogP contribution in [-0.4, -0.2) is 36.1 Å². The molecule has 0 aromatic carbocycles. The third-order valence-corrected chi connectivity index (χ3v) is 3.50. The molecule has 1 heterocycles. The van der Waals surface area contributed by atoms with Crippen molar-refractivity contribution in [2.45, 2.75) is 38.6 Å². The molecule has 1 aromatic rings. The van der Waals surface area contributed by atoms with E-state index in [0.717, 1.165) is 30.4 Å². The predicted molar refractivity (Wildman–Crippen MR) is 75.0 cm³/mol. The van der Waals surface area contributed by atoms with Gasteiger partial charge in [-0.1, -0.05) is 0 Å². The lowest BCUT2D eigenvalue weighted by Gasteiger charge is -2.35. The molecule has 0 atom stereocenters. The van der Waals surface area contributed by atoms with Crippen LogP contribution in [0.4, 0.5) is 11.6 Å². The Hall–Kier alpha value is -1.36. The van der Waals surface area contributed by atoms with Gasteiger partial charge in [-0.2, -0.15) is 0 Å². The van der Waals surface area contributed by atoms with Crippen LogP contribution in [-0.2, 0) is 0 Å². The summed E-state index contributed by atoms with van der Waals surface area (Å²) in [5.41, 5.74) is 5.49. The number of hydrogen-bond acceptors (Lipinski definition) is 5. The van der Waals surface area contributed by atoms with E-state index in [1.54, 1.807) is 0 Å². The molecule has 100 valence electrons.